The average Bonchev–Trinajstić information content (AvgIpc) is 2.80. The van der Waals surface area contributed by atoms with E-state index >= 15 is 0 Å². The van der Waals surface area contributed by atoms with Crippen molar-refractivity contribution in [3.63, 3.8) is 0 Å². The molecule has 3 amide bonds. The Morgan fingerprint density at radius 2 is 1.49 bits per heavy atom. The summed E-state index contributed by atoms with van der Waals surface area (Å²) in [6, 6.07) is -1.49. The van der Waals surface area contributed by atoms with Gasteiger partial charge in [0.05, 0.1) is 31.2 Å². The van der Waals surface area contributed by atoms with E-state index in [1.807, 2.05) is 5.32 Å². The second-order valence-corrected chi connectivity index (χ2v) is 9.26. The molecule has 35 heavy (non-hydrogen) atoms. The molecule has 0 saturated heterocycles. The number of ketones is 2. The highest BCUT2D eigenvalue weighted by atomic mass is 16.4. The maximum atomic E-state index is 12.8. The molecule has 0 aliphatic rings. The van der Waals surface area contributed by atoms with Crippen molar-refractivity contribution in [1.82, 2.24) is 16.0 Å². The molecule has 0 aliphatic carbocycles. The predicted octanol–water partition coefficient (Wildman–Crippen LogP) is -0.698. The molecular weight excluding hydrogens is 462 g/mol. The Labute approximate surface area is 205 Å². The van der Waals surface area contributed by atoms with Gasteiger partial charge in [0.1, 0.15) is 11.8 Å². The van der Waals surface area contributed by atoms with Crippen molar-refractivity contribution in [3.8, 4) is 0 Å². The van der Waals surface area contributed by atoms with Gasteiger partial charge in [0.25, 0.3) is 0 Å². The molecule has 0 rings (SSSR count). The maximum Gasteiger partial charge on any atom is 0.328 e. The van der Waals surface area contributed by atoms with Crippen molar-refractivity contribution in [2.45, 2.75) is 78.9 Å². The van der Waals surface area contributed by atoms with Crippen LogP contribution in [0.15, 0.2) is 0 Å². The normalized spacial score (nSPS) is 14.7. The third-order valence-corrected chi connectivity index (χ3v) is 6.40. The standard InChI is InChI=1S/C23H39N3O9/c1-6-23(5,17(30)9-7-14(2)28)22(3,4)21(35)25-11-15(29)8-10-18(31)24-12-19(32)26-16(13-27)20(33)34/h14,16,27-28H,6-13H2,1-5H3,(H,24,31)(H,25,35)(H,26,32)(H,33,34). The minimum atomic E-state index is -1.49. The molecule has 0 aromatic carbocycles. The SMILES string of the molecule is CCC(C)(C(=O)CCC(C)O)C(C)(C)C(=O)NCC(=O)CCC(=O)NCC(=O)NC(CO)C(=O)O. The monoisotopic (exact) mass is 501 g/mol. The first-order valence-electron chi connectivity index (χ1n) is 11.5. The maximum absolute atomic E-state index is 12.8. The molecule has 0 fully saturated rings. The molecule has 6 N–H and O–H groups in total. The molecule has 0 spiro atoms. The van der Waals surface area contributed by atoms with Crippen LogP contribution in [0.5, 0.6) is 0 Å². The van der Waals surface area contributed by atoms with E-state index < -0.39 is 65.6 Å². The zero-order chi connectivity index (χ0) is 27.4. The lowest BCUT2D eigenvalue weighted by atomic mass is 9.61. The van der Waals surface area contributed by atoms with Gasteiger partial charge in [-0.1, -0.05) is 27.7 Å². The van der Waals surface area contributed by atoms with Crippen LogP contribution in [-0.2, 0) is 28.8 Å². The fourth-order valence-corrected chi connectivity index (χ4v) is 3.29. The van der Waals surface area contributed by atoms with E-state index in [4.69, 9.17) is 10.2 Å². The van der Waals surface area contributed by atoms with Gasteiger partial charge in [0, 0.05) is 24.7 Å². The summed E-state index contributed by atoms with van der Waals surface area (Å²) in [4.78, 5) is 72.0. The fourth-order valence-electron chi connectivity index (χ4n) is 3.29. The van der Waals surface area contributed by atoms with Crippen LogP contribution in [0.25, 0.3) is 0 Å². The Bertz CT molecular complexity index is 795. The van der Waals surface area contributed by atoms with Crippen LogP contribution < -0.4 is 16.0 Å². The number of aliphatic hydroxyl groups excluding tert-OH is 2. The Morgan fingerprint density at radius 3 is 1.97 bits per heavy atom. The second kappa shape index (κ2) is 14.5. The Morgan fingerprint density at radius 1 is 0.886 bits per heavy atom. The molecule has 0 heterocycles. The van der Waals surface area contributed by atoms with Crippen LogP contribution in [0.1, 0.15) is 66.7 Å². The fraction of sp³-hybridized carbons (Fsp3) is 0.739. The minimum Gasteiger partial charge on any atom is -0.480 e. The summed E-state index contributed by atoms with van der Waals surface area (Å²) in [5.41, 5.74) is -2.14. The van der Waals surface area contributed by atoms with E-state index in [1.165, 1.54) is 0 Å². The Balaban J connectivity index is 4.67. The van der Waals surface area contributed by atoms with Crippen molar-refractivity contribution in [2.24, 2.45) is 10.8 Å². The molecular formula is C23H39N3O9. The van der Waals surface area contributed by atoms with Gasteiger partial charge in [-0.15, -0.1) is 0 Å². The number of hydrogen-bond acceptors (Lipinski definition) is 8. The zero-order valence-corrected chi connectivity index (χ0v) is 21.1. The number of carbonyl (C=O) groups excluding carboxylic acids is 5. The number of carbonyl (C=O) groups is 6. The lowest BCUT2D eigenvalue weighted by Crippen LogP contribution is -2.52. The van der Waals surface area contributed by atoms with Gasteiger partial charge in [0.2, 0.25) is 17.7 Å². The first-order valence-corrected chi connectivity index (χ1v) is 11.5. The molecule has 12 nitrogen and oxygen atoms in total. The van der Waals surface area contributed by atoms with Gasteiger partial charge in [-0.2, -0.15) is 0 Å². The summed E-state index contributed by atoms with van der Waals surface area (Å²) >= 11 is 0. The molecule has 3 unspecified atom stereocenters. The smallest absolute Gasteiger partial charge is 0.328 e. The molecule has 0 radical (unpaired) electrons. The number of carboxylic acid groups (broad SMARTS) is 1. The number of aliphatic hydroxyl groups is 2. The van der Waals surface area contributed by atoms with E-state index in [0.29, 0.717) is 6.42 Å². The number of amides is 3. The highest BCUT2D eigenvalue weighted by Crippen LogP contribution is 2.43. The van der Waals surface area contributed by atoms with Crippen molar-refractivity contribution in [2.75, 3.05) is 19.7 Å². The summed E-state index contributed by atoms with van der Waals surface area (Å²) in [6.07, 6.45) is -0.292. The third kappa shape index (κ3) is 10.1. The lowest BCUT2D eigenvalue weighted by Gasteiger charge is -2.41. The van der Waals surface area contributed by atoms with Gasteiger partial charge < -0.3 is 31.3 Å². The van der Waals surface area contributed by atoms with Gasteiger partial charge in [-0.05, 0) is 19.8 Å². The topological polar surface area (TPSA) is 199 Å². The van der Waals surface area contributed by atoms with Crippen LogP contribution in [-0.4, -0.2) is 82.4 Å². The third-order valence-electron chi connectivity index (χ3n) is 6.40. The van der Waals surface area contributed by atoms with Gasteiger partial charge in [0.15, 0.2) is 5.78 Å². The number of nitrogens with one attached hydrogen (secondary N) is 3. The van der Waals surface area contributed by atoms with Crippen LogP contribution in [0.4, 0.5) is 0 Å². The summed E-state index contributed by atoms with van der Waals surface area (Å²) < 4.78 is 0. The molecule has 0 aromatic rings. The average molecular weight is 502 g/mol. The molecule has 0 saturated carbocycles. The molecule has 12 heteroatoms. The van der Waals surface area contributed by atoms with E-state index in [-0.39, 0.29) is 38.0 Å². The van der Waals surface area contributed by atoms with Crippen molar-refractivity contribution < 1.29 is 44.1 Å². The van der Waals surface area contributed by atoms with Crippen LogP contribution in [0.3, 0.4) is 0 Å². The minimum absolute atomic E-state index is 0.127. The Hall–Kier alpha value is -2.86. The highest BCUT2D eigenvalue weighted by Gasteiger charge is 2.49. The molecule has 0 aromatic heterocycles. The zero-order valence-electron chi connectivity index (χ0n) is 21.1. The first-order chi connectivity index (χ1) is 16.1. The summed E-state index contributed by atoms with van der Waals surface area (Å²) in [5, 5.41) is 33.9. The van der Waals surface area contributed by atoms with Crippen LogP contribution >= 0.6 is 0 Å². The molecule has 200 valence electrons. The Kier molecular flexibility index (Phi) is 13.3. The summed E-state index contributed by atoms with van der Waals surface area (Å²) in [6.45, 7) is 6.65. The predicted molar refractivity (Wildman–Crippen MR) is 125 cm³/mol. The van der Waals surface area contributed by atoms with Crippen molar-refractivity contribution in [1.29, 1.82) is 0 Å². The number of Topliss-reactive ketones (excluding diaryl/α,β-unsaturated/α-hetero) is 2. The second-order valence-electron chi connectivity index (χ2n) is 9.26. The lowest BCUT2D eigenvalue weighted by molar-refractivity contribution is -0.148. The first kappa shape index (κ1) is 32.1. The number of rotatable bonds is 17. The highest BCUT2D eigenvalue weighted by molar-refractivity contribution is 5.96. The quantitative estimate of drug-likeness (QED) is 0.149. The van der Waals surface area contributed by atoms with E-state index in [1.54, 1.807) is 34.6 Å². The molecule has 0 bridgehead atoms. The largest absolute Gasteiger partial charge is 0.480 e. The molecule has 3 atom stereocenters. The van der Waals surface area contributed by atoms with Crippen LogP contribution in [0.2, 0.25) is 0 Å². The van der Waals surface area contributed by atoms with Gasteiger partial charge >= 0.3 is 5.97 Å². The van der Waals surface area contributed by atoms with Gasteiger partial charge in [-0.25, -0.2) is 4.79 Å². The summed E-state index contributed by atoms with van der Waals surface area (Å²) in [5.74, 6) is -3.94. The van der Waals surface area contributed by atoms with E-state index in [9.17, 15) is 33.9 Å². The van der Waals surface area contributed by atoms with E-state index in [2.05, 4.69) is 10.6 Å². The number of hydrogen-bond donors (Lipinski definition) is 6. The number of aliphatic carboxylic acids is 1. The number of carboxylic acids is 1. The van der Waals surface area contributed by atoms with Gasteiger partial charge in [-0.3, -0.25) is 24.0 Å². The van der Waals surface area contributed by atoms with Crippen molar-refractivity contribution >= 4 is 35.3 Å². The van der Waals surface area contributed by atoms with E-state index in [0.717, 1.165) is 0 Å². The van der Waals surface area contributed by atoms with Crippen molar-refractivity contribution in [3.05, 3.63) is 0 Å². The van der Waals surface area contributed by atoms with Crippen LogP contribution in [0, 0.1) is 10.8 Å². The molecule has 0 aliphatic heterocycles. The summed E-state index contributed by atoms with van der Waals surface area (Å²) in [7, 11) is 0.